The molecule has 1 saturated heterocycles. The van der Waals surface area contributed by atoms with Crippen LogP contribution in [0.3, 0.4) is 0 Å². The Morgan fingerprint density at radius 2 is 1.54 bits per heavy atom. The van der Waals surface area contributed by atoms with E-state index in [-0.39, 0.29) is 11.8 Å². The molecule has 0 saturated carbocycles. The van der Waals surface area contributed by atoms with Gasteiger partial charge in [0.25, 0.3) is 11.8 Å². The zero-order valence-electron chi connectivity index (χ0n) is 21.8. The topological polar surface area (TPSA) is 70.7 Å². The molecule has 0 spiro atoms. The van der Waals surface area contributed by atoms with Gasteiger partial charge in [0, 0.05) is 24.3 Å². The van der Waals surface area contributed by atoms with Crippen molar-refractivity contribution in [2.75, 3.05) is 38.6 Å². The minimum atomic E-state index is -0.218. The number of hydrogen-bond donors (Lipinski definition) is 2. The van der Waals surface area contributed by atoms with Gasteiger partial charge < -0.3 is 20.3 Å². The molecule has 2 N–H and O–H groups in total. The van der Waals surface area contributed by atoms with Crippen LogP contribution in [0.1, 0.15) is 58.5 Å². The first kappa shape index (κ1) is 26.2. The molecule has 0 aliphatic carbocycles. The molecule has 37 heavy (non-hydrogen) atoms. The molecular formula is C31H35N3O3. The summed E-state index contributed by atoms with van der Waals surface area (Å²) in [7, 11) is 1.56. The maximum absolute atomic E-state index is 13.0. The van der Waals surface area contributed by atoms with E-state index in [1.54, 1.807) is 19.2 Å². The summed E-state index contributed by atoms with van der Waals surface area (Å²) < 4.78 is 5.36. The van der Waals surface area contributed by atoms with Crippen molar-refractivity contribution in [3.05, 3.63) is 101 Å². The summed E-state index contributed by atoms with van der Waals surface area (Å²) in [5.41, 5.74) is 6.54. The maximum Gasteiger partial charge on any atom is 0.259 e. The van der Waals surface area contributed by atoms with Crippen LogP contribution in [-0.2, 0) is 0 Å². The first-order valence-corrected chi connectivity index (χ1v) is 12.9. The molecule has 3 aromatic carbocycles. The SMILES string of the molecule is CCN(CC)C(=O)c1ccc(C(=C2CCNCC2)c2cccc(NC(=O)c3ccccc3OC)c2)cc1. The number of amides is 2. The number of anilines is 1. The van der Waals surface area contributed by atoms with E-state index in [1.807, 2.05) is 73.3 Å². The lowest BCUT2D eigenvalue weighted by Crippen LogP contribution is -2.30. The summed E-state index contributed by atoms with van der Waals surface area (Å²) in [4.78, 5) is 27.7. The molecule has 0 bridgehead atoms. The monoisotopic (exact) mass is 497 g/mol. The van der Waals surface area contributed by atoms with E-state index in [0.717, 1.165) is 42.6 Å². The highest BCUT2D eigenvalue weighted by Crippen LogP contribution is 2.33. The minimum absolute atomic E-state index is 0.0497. The zero-order valence-corrected chi connectivity index (χ0v) is 21.8. The molecular weight excluding hydrogens is 462 g/mol. The first-order chi connectivity index (χ1) is 18.0. The van der Waals surface area contributed by atoms with Crippen LogP contribution in [0.2, 0.25) is 0 Å². The van der Waals surface area contributed by atoms with Crippen molar-refractivity contribution >= 4 is 23.1 Å². The van der Waals surface area contributed by atoms with Crippen molar-refractivity contribution < 1.29 is 14.3 Å². The lowest BCUT2D eigenvalue weighted by molar-refractivity contribution is 0.0772. The second-order valence-electron chi connectivity index (χ2n) is 9.02. The highest BCUT2D eigenvalue weighted by molar-refractivity contribution is 6.06. The normalized spacial score (nSPS) is 13.1. The number of para-hydroxylation sites is 1. The summed E-state index contributed by atoms with van der Waals surface area (Å²) in [5, 5.41) is 6.46. The maximum atomic E-state index is 13.0. The van der Waals surface area contributed by atoms with Crippen LogP contribution in [0.25, 0.3) is 5.57 Å². The standard InChI is InChI=1S/C31H35N3O3/c1-4-34(5-2)31(36)24-15-13-22(14-16-24)29(23-17-19-32-20-18-23)25-9-8-10-26(21-25)33-30(35)27-11-6-7-12-28(27)37-3/h6-16,21,32H,4-5,17-20H2,1-3H3,(H,33,35). The number of piperidine rings is 1. The fourth-order valence-corrected chi connectivity index (χ4v) is 4.81. The Balaban J connectivity index is 1.67. The average molecular weight is 498 g/mol. The number of carbonyl (C=O) groups is 2. The van der Waals surface area contributed by atoms with E-state index in [9.17, 15) is 9.59 Å². The molecule has 0 radical (unpaired) electrons. The van der Waals surface area contributed by atoms with Gasteiger partial charge in [-0.1, -0.05) is 42.0 Å². The van der Waals surface area contributed by atoms with Crippen LogP contribution < -0.4 is 15.4 Å². The van der Waals surface area contributed by atoms with Crippen LogP contribution in [0.15, 0.2) is 78.4 Å². The molecule has 192 valence electrons. The predicted molar refractivity (Wildman–Crippen MR) is 149 cm³/mol. The Kier molecular flexibility index (Phi) is 8.75. The van der Waals surface area contributed by atoms with Crippen molar-refractivity contribution in [3.8, 4) is 5.75 Å². The van der Waals surface area contributed by atoms with Gasteiger partial charge in [0.05, 0.1) is 12.7 Å². The van der Waals surface area contributed by atoms with Gasteiger partial charge in [-0.15, -0.1) is 0 Å². The number of carbonyl (C=O) groups excluding carboxylic acids is 2. The number of hydrogen-bond acceptors (Lipinski definition) is 4. The highest BCUT2D eigenvalue weighted by Gasteiger charge is 2.18. The molecule has 2 amide bonds. The van der Waals surface area contributed by atoms with Gasteiger partial charge in [-0.2, -0.15) is 0 Å². The van der Waals surface area contributed by atoms with Gasteiger partial charge in [0.1, 0.15) is 5.75 Å². The number of nitrogens with one attached hydrogen (secondary N) is 2. The van der Waals surface area contributed by atoms with Crippen molar-refractivity contribution in [1.29, 1.82) is 0 Å². The molecule has 6 heteroatoms. The Morgan fingerprint density at radius 3 is 2.22 bits per heavy atom. The second kappa shape index (κ2) is 12.4. The second-order valence-corrected chi connectivity index (χ2v) is 9.02. The van der Waals surface area contributed by atoms with Crippen LogP contribution in [0.4, 0.5) is 5.69 Å². The minimum Gasteiger partial charge on any atom is -0.496 e. The van der Waals surface area contributed by atoms with Gasteiger partial charge in [0.2, 0.25) is 0 Å². The van der Waals surface area contributed by atoms with Gasteiger partial charge in [-0.25, -0.2) is 0 Å². The third-order valence-corrected chi connectivity index (χ3v) is 6.79. The summed E-state index contributed by atoms with van der Waals surface area (Å²) in [6.45, 7) is 7.23. The van der Waals surface area contributed by atoms with E-state index in [2.05, 4.69) is 16.7 Å². The van der Waals surface area contributed by atoms with Crippen LogP contribution in [-0.4, -0.2) is 50.0 Å². The van der Waals surface area contributed by atoms with E-state index < -0.39 is 0 Å². The summed E-state index contributed by atoms with van der Waals surface area (Å²) in [5.74, 6) is 0.367. The Hall–Kier alpha value is -3.90. The fourth-order valence-electron chi connectivity index (χ4n) is 4.81. The van der Waals surface area contributed by atoms with Crippen molar-refractivity contribution in [3.63, 3.8) is 0 Å². The van der Waals surface area contributed by atoms with Crippen LogP contribution >= 0.6 is 0 Å². The van der Waals surface area contributed by atoms with Gasteiger partial charge in [-0.05, 0) is 92.9 Å². The Bertz CT molecular complexity index is 1270. The van der Waals surface area contributed by atoms with Crippen molar-refractivity contribution in [1.82, 2.24) is 10.2 Å². The third kappa shape index (κ3) is 6.09. The predicted octanol–water partition coefficient (Wildman–Crippen LogP) is 5.61. The highest BCUT2D eigenvalue weighted by atomic mass is 16.5. The Labute approximate surface area is 219 Å². The smallest absolute Gasteiger partial charge is 0.259 e. The van der Waals surface area contributed by atoms with Crippen LogP contribution in [0.5, 0.6) is 5.75 Å². The molecule has 0 aromatic heterocycles. The van der Waals surface area contributed by atoms with Gasteiger partial charge in [0.15, 0.2) is 0 Å². The molecule has 1 fully saturated rings. The molecule has 4 rings (SSSR count). The summed E-state index contributed by atoms with van der Waals surface area (Å²) in [6, 6.07) is 23.1. The van der Waals surface area contributed by atoms with Crippen molar-refractivity contribution in [2.45, 2.75) is 26.7 Å². The molecule has 0 unspecified atom stereocenters. The third-order valence-electron chi connectivity index (χ3n) is 6.79. The van der Waals surface area contributed by atoms with E-state index in [4.69, 9.17) is 4.74 Å². The molecule has 1 aliphatic rings. The number of benzene rings is 3. The van der Waals surface area contributed by atoms with Gasteiger partial charge in [-0.3, -0.25) is 9.59 Å². The summed E-state index contributed by atoms with van der Waals surface area (Å²) >= 11 is 0. The van der Waals surface area contributed by atoms with Crippen LogP contribution in [0, 0.1) is 0 Å². The number of nitrogens with zero attached hydrogens (tertiary/aromatic N) is 1. The summed E-state index contributed by atoms with van der Waals surface area (Å²) in [6.07, 6.45) is 1.90. The van der Waals surface area contributed by atoms with Crippen molar-refractivity contribution in [2.24, 2.45) is 0 Å². The molecule has 6 nitrogen and oxygen atoms in total. The largest absolute Gasteiger partial charge is 0.496 e. The lowest BCUT2D eigenvalue weighted by atomic mass is 9.88. The number of ether oxygens (including phenoxy) is 1. The number of methoxy groups -OCH3 is 1. The Morgan fingerprint density at radius 1 is 0.865 bits per heavy atom. The van der Waals surface area contributed by atoms with E-state index >= 15 is 0 Å². The molecule has 0 atom stereocenters. The molecule has 1 aliphatic heterocycles. The average Bonchev–Trinajstić information content (AvgIpc) is 2.95. The first-order valence-electron chi connectivity index (χ1n) is 12.9. The van der Waals surface area contributed by atoms with E-state index in [0.29, 0.717) is 35.7 Å². The van der Waals surface area contributed by atoms with E-state index in [1.165, 1.54) is 5.57 Å². The molecule has 1 heterocycles. The van der Waals surface area contributed by atoms with Gasteiger partial charge >= 0.3 is 0 Å². The zero-order chi connectivity index (χ0) is 26.2. The molecule has 3 aromatic rings. The quantitative estimate of drug-likeness (QED) is 0.424. The number of rotatable bonds is 8. The fraction of sp³-hybridized carbons (Fsp3) is 0.290. The lowest BCUT2D eigenvalue weighted by Gasteiger charge is -2.22.